The van der Waals surface area contributed by atoms with Crippen molar-refractivity contribution >= 4 is 23.4 Å². The normalized spacial score (nSPS) is 20.5. The molecule has 6 rings (SSSR count). The summed E-state index contributed by atoms with van der Waals surface area (Å²) < 4.78 is 22.7. The van der Waals surface area contributed by atoms with Gasteiger partial charge in [-0.15, -0.1) is 0 Å². The fraction of sp³-hybridized carbons (Fsp3) is 0.423. The second kappa shape index (κ2) is 8.79. The van der Waals surface area contributed by atoms with Crippen LogP contribution in [0.5, 0.6) is 17.2 Å². The molecule has 4 aliphatic heterocycles. The fourth-order valence-electron chi connectivity index (χ4n) is 5.41. The summed E-state index contributed by atoms with van der Waals surface area (Å²) in [7, 11) is 3.62. The van der Waals surface area contributed by atoms with Crippen molar-refractivity contribution in [3.8, 4) is 17.2 Å². The van der Waals surface area contributed by atoms with E-state index < -0.39 is 11.8 Å². The third-order valence-corrected chi connectivity index (χ3v) is 7.24. The number of methoxy groups -OCH3 is 1. The van der Waals surface area contributed by atoms with Gasteiger partial charge in [-0.3, -0.25) is 19.3 Å². The lowest BCUT2D eigenvalue weighted by atomic mass is 9.95. The number of carbonyl (C=O) groups is 3. The van der Waals surface area contributed by atoms with E-state index in [4.69, 9.17) is 18.9 Å². The van der Waals surface area contributed by atoms with Gasteiger partial charge in [0, 0.05) is 30.8 Å². The minimum atomic E-state index is -0.403. The average Bonchev–Trinajstić information content (AvgIpc) is 3.62. The van der Waals surface area contributed by atoms with Crippen LogP contribution in [0.4, 0.5) is 5.69 Å². The van der Waals surface area contributed by atoms with Crippen molar-refractivity contribution < 1.29 is 33.3 Å². The molecule has 36 heavy (non-hydrogen) atoms. The highest BCUT2D eigenvalue weighted by Crippen LogP contribution is 2.52. The van der Waals surface area contributed by atoms with E-state index in [1.807, 2.05) is 7.05 Å². The zero-order valence-electron chi connectivity index (χ0n) is 20.2. The Bertz CT molecular complexity index is 1290. The molecule has 1 atom stereocenters. The maximum absolute atomic E-state index is 13.4. The number of benzene rings is 2. The van der Waals surface area contributed by atoms with E-state index in [0.29, 0.717) is 48.1 Å². The Hall–Kier alpha value is -3.63. The molecule has 0 radical (unpaired) electrons. The first-order valence-corrected chi connectivity index (χ1v) is 12.1. The summed E-state index contributed by atoms with van der Waals surface area (Å²) in [6.45, 7) is 2.36. The van der Waals surface area contributed by atoms with Crippen molar-refractivity contribution in [2.24, 2.45) is 0 Å². The van der Waals surface area contributed by atoms with E-state index in [0.717, 1.165) is 30.5 Å². The van der Waals surface area contributed by atoms with Gasteiger partial charge in [-0.05, 0) is 50.1 Å². The van der Waals surface area contributed by atoms with Crippen molar-refractivity contribution in [2.45, 2.75) is 31.9 Å². The molecule has 0 unspecified atom stereocenters. The Kier molecular flexibility index (Phi) is 5.57. The van der Waals surface area contributed by atoms with E-state index in [1.165, 1.54) is 11.0 Å². The van der Waals surface area contributed by atoms with Gasteiger partial charge in [-0.25, -0.2) is 0 Å². The number of amides is 3. The summed E-state index contributed by atoms with van der Waals surface area (Å²) in [6.07, 6.45) is 2.30. The van der Waals surface area contributed by atoms with E-state index in [9.17, 15) is 14.4 Å². The van der Waals surface area contributed by atoms with Crippen LogP contribution in [0.1, 0.15) is 55.0 Å². The molecule has 10 nitrogen and oxygen atoms in total. The number of imide groups is 1. The van der Waals surface area contributed by atoms with Crippen LogP contribution >= 0.6 is 0 Å². The monoisotopic (exact) mass is 493 g/mol. The van der Waals surface area contributed by atoms with Crippen LogP contribution in [0.15, 0.2) is 18.2 Å². The Morgan fingerprint density at radius 1 is 1.14 bits per heavy atom. The SMILES string of the molecule is COc1c2c(c(NC(=O)c3ccc4c(c3)C(=O)N(C[C@H]3CCCO3)C4=O)c3c1OCO3)CCN(C)C2. The zero-order chi connectivity index (χ0) is 25.0. The number of rotatable bonds is 5. The first-order valence-electron chi connectivity index (χ1n) is 12.1. The van der Waals surface area contributed by atoms with Crippen molar-refractivity contribution in [3.05, 3.63) is 46.0 Å². The highest BCUT2D eigenvalue weighted by atomic mass is 16.7. The lowest BCUT2D eigenvalue weighted by molar-refractivity contribution is 0.0475. The summed E-state index contributed by atoms with van der Waals surface area (Å²) in [6, 6.07) is 4.60. The quantitative estimate of drug-likeness (QED) is 0.633. The number of hydrogen-bond donors (Lipinski definition) is 1. The first-order chi connectivity index (χ1) is 17.5. The van der Waals surface area contributed by atoms with Gasteiger partial charge in [0.25, 0.3) is 17.7 Å². The molecule has 4 aliphatic rings. The molecule has 0 aliphatic carbocycles. The van der Waals surface area contributed by atoms with Gasteiger partial charge in [0.1, 0.15) is 0 Å². The molecule has 1 fully saturated rings. The Labute approximate surface area is 208 Å². The fourth-order valence-corrected chi connectivity index (χ4v) is 5.41. The molecule has 0 spiro atoms. The minimum absolute atomic E-state index is 0.0310. The molecule has 1 N–H and O–H groups in total. The molecule has 2 aromatic rings. The van der Waals surface area contributed by atoms with Gasteiger partial charge in [0.15, 0.2) is 11.5 Å². The van der Waals surface area contributed by atoms with Crippen LogP contribution in [0.25, 0.3) is 0 Å². The molecule has 10 heteroatoms. The summed E-state index contributed by atoms with van der Waals surface area (Å²) in [5.41, 5.74) is 3.26. The van der Waals surface area contributed by atoms with E-state index in [1.54, 1.807) is 19.2 Å². The Morgan fingerprint density at radius 2 is 1.94 bits per heavy atom. The van der Waals surface area contributed by atoms with Gasteiger partial charge in [-0.1, -0.05) is 0 Å². The largest absolute Gasteiger partial charge is 0.492 e. The lowest BCUT2D eigenvalue weighted by Crippen LogP contribution is -2.36. The van der Waals surface area contributed by atoms with Crippen molar-refractivity contribution in [1.82, 2.24) is 9.80 Å². The van der Waals surface area contributed by atoms with Gasteiger partial charge >= 0.3 is 0 Å². The molecule has 0 saturated carbocycles. The summed E-state index contributed by atoms with van der Waals surface area (Å²) >= 11 is 0. The van der Waals surface area contributed by atoms with Crippen LogP contribution in [0.2, 0.25) is 0 Å². The Balaban J connectivity index is 1.30. The minimum Gasteiger partial charge on any atom is -0.492 e. The summed E-state index contributed by atoms with van der Waals surface area (Å²) in [5, 5.41) is 2.99. The van der Waals surface area contributed by atoms with E-state index in [2.05, 4.69) is 10.2 Å². The maximum Gasteiger partial charge on any atom is 0.261 e. The van der Waals surface area contributed by atoms with E-state index in [-0.39, 0.29) is 36.5 Å². The number of hydrogen-bond acceptors (Lipinski definition) is 8. The molecule has 0 bridgehead atoms. The number of nitrogens with one attached hydrogen (secondary N) is 1. The van der Waals surface area contributed by atoms with Gasteiger partial charge in [-0.2, -0.15) is 0 Å². The maximum atomic E-state index is 13.4. The molecule has 0 aromatic heterocycles. The number of anilines is 1. The van der Waals surface area contributed by atoms with Crippen molar-refractivity contribution in [1.29, 1.82) is 0 Å². The van der Waals surface area contributed by atoms with Crippen LogP contribution in [0.3, 0.4) is 0 Å². The topological polar surface area (TPSA) is 107 Å². The summed E-state index contributed by atoms with van der Waals surface area (Å²) in [5.74, 6) is 0.381. The predicted molar refractivity (Wildman–Crippen MR) is 128 cm³/mol. The standard InChI is InChI=1S/C26H27N3O7/c1-28-8-7-16-19(12-28)21(33-2)23-22(35-13-36-23)20(16)27-24(30)14-5-6-17-18(10-14)26(32)29(25(17)31)11-15-4-3-9-34-15/h5-6,10,15H,3-4,7-9,11-13H2,1-2H3,(H,27,30)/t15-/m1/s1. The Morgan fingerprint density at radius 3 is 2.72 bits per heavy atom. The second-order valence-corrected chi connectivity index (χ2v) is 9.49. The molecule has 188 valence electrons. The van der Waals surface area contributed by atoms with E-state index >= 15 is 0 Å². The highest BCUT2D eigenvalue weighted by Gasteiger charge is 2.38. The average molecular weight is 494 g/mol. The third kappa shape index (κ3) is 3.59. The van der Waals surface area contributed by atoms with Crippen molar-refractivity contribution in [3.63, 3.8) is 0 Å². The van der Waals surface area contributed by atoms with Gasteiger partial charge in [0.05, 0.1) is 36.6 Å². The van der Waals surface area contributed by atoms with Crippen LogP contribution in [-0.2, 0) is 17.7 Å². The zero-order valence-corrected chi connectivity index (χ0v) is 20.2. The molecule has 3 amide bonds. The second-order valence-electron chi connectivity index (χ2n) is 9.49. The predicted octanol–water partition coefficient (Wildman–Crippen LogP) is 2.44. The van der Waals surface area contributed by atoms with Crippen LogP contribution in [-0.4, -0.2) is 74.3 Å². The van der Waals surface area contributed by atoms with Crippen LogP contribution < -0.4 is 19.5 Å². The van der Waals surface area contributed by atoms with Gasteiger partial charge in [0.2, 0.25) is 12.5 Å². The molecular weight excluding hydrogens is 466 g/mol. The highest BCUT2D eigenvalue weighted by molar-refractivity contribution is 6.22. The van der Waals surface area contributed by atoms with Gasteiger partial charge < -0.3 is 29.2 Å². The number of carbonyl (C=O) groups excluding carboxylic acids is 3. The number of likely N-dealkylation sites (N-methyl/N-ethyl adjacent to an activating group) is 1. The first kappa shape index (κ1) is 22.8. The third-order valence-electron chi connectivity index (χ3n) is 7.24. The smallest absolute Gasteiger partial charge is 0.261 e. The lowest BCUT2D eigenvalue weighted by Gasteiger charge is -2.29. The number of fused-ring (bicyclic) bond motifs is 3. The molecule has 2 aromatic carbocycles. The summed E-state index contributed by atoms with van der Waals surface area (Å²) in [4.78, 5) is 42.7. The van der Waals surface area contributed by atoms with Crippen LogP contribution in [0, 0.1) is 0 Å². The molecule has 4 heterocycles. The molecule has 1 saturated heterocycles. The number of ether oxygens (including phenoxy) is 4. The number of nitrogens with zero attached hydrogens (tertiary/aromatic N) is 2. The van der Waals surface area contributed by atoms with Crippen molar-refractivity contribution in [2.75, 3.05) is 46.0 Å². The molecular formula is C26H27N3O7.